The summed E-state index contributed by atoms with van der Waals surface area (Å²) in [6.07, 6.45) is 2.06. The molecule has 3 rings (SSSR count). The van der Waals surface area contributed by atoms with E-state index in [1.165, 1.54) is 12.1 Å². The van der Waals surface area contributed by atoms with Crippen molar-refractivity contribution in [1.29, 1.82) is 0 Å². The summed E-state index contributed by atoms with van der Waals surface area (Å²) >= 11 is 5.63. The third-order valence-corrected chi connectivity index (χ3v) is 4.08. The van der Waals surface area contributed by atoms with E-state index in [4.69, 9.17) is 11.6 Å². The first kappa shape index (κ1) is 11.9. The van der Waals surface area contributed by atoms with E-state index in [2.05, 4.69) is 5.32 Å². The molecule has 1 aromatic rings. The molecule has 1 saturated carbocycles. The maximum Gasteiger partial charge on any atom is 0.254 e. The average molecular weight is 269 g/mol. The first-order valence-electron chi connectivity index (χ1n) is 6.10. The van der Waals surface area contributed by atoms with Crippen molar-refractivity contribution in [2.75, 3.05) is 19.6 Å². The van der Waals surface area contributed by atoms with E-state index in [-0.39, 0.29) is 16.5 Å². The van der Waals surface area contributed by atoms with Gasteiger partial charge in [0.25, 0.3) is 5.91 Å². The van der Waals surface area contributed by atoms with Gasteiger partial charge < -0.3 is 10.2 Å². The van der Waals surface area contributed by atoms with Crippen LogP contribution in [0.1, 0.15) is 23.2 Å². The highest BCUT2D eigenvalue weighted by molar-refractivity contribution is 6.30. The van der Waals surface area contributed by atoms with Crippen LogP contribution in [0.15, 0.2) is 18.2 Å². The Labute approximate surface area is 110 Å². The Kier molecular flexibility index (Phi) is 2.79. The summed E-state index contributed by atoms with van der Waals surface area (Å²) in [7, 11) is 0. The van der Waals surface area contributed by atoms with Gasteiger partial charge >= 0.3 is 0 Å². The number of rotatable bonds is 1. The summed E-state index contributed by atoms with van der Waals surface area (Å²) in [5.41, 5.74) is 0.357. The zero-order valence-corrected chi connectivity index (χ0v) is 10.6. The van der Waals surface area contributed by atoms with Crippen LogP contribution in [0, 0.1) is 5.82 Å². The molecule has 1 saturated heterocycles. The maximum absolute atomic E-state index is 13.4. The summed E-state index contributed by atoms with van der Waals surface area (Å²) in [5, 5.41) is 3.35. The molecule has 1 aromatic carbocycles. The number of benzene rings is 1. The second-order valence-electron chi connectivity index (χ2n) is 4.99. The van der Waals surface area contributed by atoms with Gasteiger partial charge in [0.2, 0.25) is 0 Å². The minimum absolute atomic E-state index is 0.0224. The first-order chi connectivity index (χ1) is 8.62. The summed E-state index contributed by atoms with van der Waals surface area (Å²) in [6, 6.07) is 4.25. The highest BCUT2D eigenvalue weighted by Crippen LogP contribution is 2.43. The number of hydrogen-bond acceptors (Lipinski definition) is 2. The van der Waals surface area contributed by atoms with Gasteiger partial charge in [-0.3, -0.25) is 4.79 Å². The van der Waals surface area contributed by atoms with E-state index in [1.54, 1.807) is 6.07 Å². The van der Waals surface area contributed by atoms with Gasteiger partial charge in [-0.1, -0.05) is 11.6 Å². The second kappa shape index (κ2) is 4.21. The Balaban J connectivity index is 1.87. The molecule has 3 nitrogen and oxygen atoms in total. The van der Waals surface area contributed by atoms with Crippen LogP contribution in [0.4, 0.5) is 4.39 Å². The minimum Gasteiger partial charge on any atom is -0.330 e. The fraction of sp³-hybridized carbons (Fsp3) is 0.462. The number of nitrogens with zero attached hydrogens (tertiary/aromatic N) is 1. The molecule has 1 amide bonds. The lowest BCUT2D eigenvalue weighted by atomic mass is 10.1. The standard InChI is InChI=1S/C13H14ClFN2O/c14-10-2-1-9(7-11(10)15)12(18)17-6-5-16-8-13(17)3-4-13/h1-2,7,16H,3-6,8H2. The van der Waals surface area contributed by atoms with Crippen LogP contribution in [0.25, 0.3) is 0 Å². The third kappa shape index (κ3) is 1.89. The van der Waals surface area contributed by atoms with Gasteiger partial charge in [-0.15, -0.1) is 0 Å². The molecule has 5 heteroatoms. The van der Waals surface area contributed by atoms with Gasteiger partial charge in [0.05, 0.1) is 10.6 Å². The van der Waals surface area contributed by atoms with Crippen molar-refractivity contribution in [2.45, 2.75) is 18.4 Å². The molecule has 1 aliphatic carbocycles. The Hall–Kier alpha value is -1.13. The van der Waals surface area contributed by atoms with E-state index in [0.717, 1.165) is 25.9 Å². The molecule has 0 unspecified atom stereocenters. The van der Waals surface area contributed by atoms with Crippen LogP contribution in [0.2, 0.25) is 5.02 Å². The maximum atomic E-state index is 13.4. The van der Waals surface area contributed by atoms with Gasteiger partial charge in [0.1, 0.15) is 5.82 Å². The number of piperazine rings is 1. The fourth-order valence-electron chi connectivity index (χ4n) is 2.54. The molecule has 1 N–H and O–H groups in total. The molecule has 0 atom stereocenters. The van der Waals surface area contributed by atoms with Crippen molar-refractivity contribution in [2.24, 2.45) is 0 Å². The van der Waals surface area contributed by atoms with Crippen LogP contribution < -0.4 is 5.32 Å². The molecule has 96 valence electrons. The number of amides is 1. The van der Waals surface area contributed by atoms with Crippen LogP contribution >= 0.6 is 11.6 Å². The lowest BCUT2D eigenvalue weighted by Gasteiger charge is -2.36. The predicted molar refractivity (Wildman–Crippen MR) is 67.3 cm³/mol. The number of nitrogens with one attached hydrogen (secondary N) is 1. The SMILES string of the molecule is O=C(c1ccc(Cl)c(F)c1)N1CCNCC12CC2. The van der Waals surface area contributed by atoms with Crippen molar-refractivity contribution < 1.29 is 9.18 Å². The monoisotopic (exact) mass is 268 g/mol. The van der Waals surface area contributed by atoms with Crippen molar-refractivity contribution >= 4 is 17.5 Å². The van der Waals surface area contributed by atoms with E-state index in [0.29, 0.717) is 12.1 Å². The fourth-order valence-corrected chi connectivity index (χ4v) is 2.66. The summed E-state index contributed by atoms with van der Waals surface area (Å²) in [6.45, 7) is 2.32. The minimum atomic E-state index is -0.539. The zero-order chi connectivity index (χ0) is 12.8. The van der Waals surface area contributed by atoms with Gasteiger partial charge in [-0.25, -0.2) is 4.39 Å². The molecule has 2 fully saturated rings. The van der Waals surface area contributed by atoms with E-state index in [1.807, 2.05) is 4.90 Å². The number of carbonyl (C=O) groups excluding carboxylic acids is 1. The van der Waals surface area contributed by atoms with Gasteiger partial charge in [0, 0.05) is 25.2 Å². The Morgan fingerprint density at radius 1 is 1.44 bits per heavy atom. The van der Waals surface area contributed by atoms with E-state index < -0.39 is 5.82 Å². The lowest BCUT2D eigenvalue weighted by molar-refractivity contribution is 0.0600. The molecule has 0 aromatic heterocycles. The quantitative estimate of drug-likeness (QED) is 0.846. The molecule has 1 heterocycles. The summed E-state index contributed by atoms with van der Waals surface area (Å²) in [5.74, 6) is -0.632. The number of halogens is 2. The molecule has 1 aliphatic heterocycles. The molecular formula is C13H14ClFN2O. The molecule has 2 aliphatic rings. The van der Waals surface area contributed by atoms with Crippen molar-refractivity contribution in [3.8, 4) is 0 Å². The van der Waals surface area contributed by atoms with Crippen LogP contribution in [-0.4, -0.2) is 36.0 Å². The molecule has 0 radical (unpaired) electrons. The number of hydrogen-bond donors (Lipinski definition) is 1. The topological polar surface area (TPSA) is 32.3 Å². The highest BCUT2D eigenvalue weighted by atomic mass is 35.5. The predicted octanol–water partition coefficient (Wildman–Crippen LogP) is 2.06. The zero-order valence-electron chi connectivity index (χ0n) is 9.88. The Morgan fingerprint density at radius 2 is 2.22 bits per heavy atom. The third-order valence-electron chi connectivity index (χ3n) is 3.78. The Bertz CT molecular complexity index is 502. The van der Waals surface area contributed by atoms with Crippen molar-refractivity contribution in [3.63, 3.8) is 0 Å². The van der Waals surface area contributed by atoms with Gasteiger partial charge in [0.15, 0.2) is 0 Å². The van der Waals surface area contributed by atoms with E-state index in [9.17, 15) is 9.18 Å². The molecule has 18 heavy (non-hydrogen) atoms. The molecule has 1 spiro atoms. The van der Waals surface area contributed by atoms with Crippen LogP contribution in [0.5, 0.6) is 0 Å². The normalized spacial score (nSPS) is 21.1. The van der Waals surface area contributed by atoms with Gasteiger partial charge in [-0.2, -0.15) is 0 Å². The molecular weight excluding hydrogens is 255 g/mol. The summed E-state index contributed by atoms with van der Waals surface area (Å²) in [4.78, 5) is 14.3. The largest absolute Gasteiger partial charge is 0.330 e. The summed E-state index contributed by atoms with van der Waals surface area (Å²) < 4.78 is 13.4. The first-order valence-corrected chi connectivity index (χ1v) is 6.48. The van der Waals surface area contributed by atoms with Crippen molar-refractivity contribution in [1.82, 2.24) is 10.2 Å². The van der Waals surface area contributed by atoms with Crippen molar-refractivity contribution in [3.05, 3.63) is 34.6 Å². The van der Waals surface area contributed by atoms with Gasteiger partial charge in [-0.05, 0) is 31.0 Å². The number of carbonyl (C=O) groups is 1. The lowest BCUT2D eigenvalue weighted by Crippen LogP contribution is -2.55. The van der Waals surface area contributed by atoms with Crippen LogP contribution in [0.3, 0.4) is 0 Å². The second-order valence-corrected chi connectivity index (χ2v) is 5.39. The average Bonchev–Trinajstić information content (AvgIpc) is 3.13. The van der Waals surface area contributed by atoms with Crippen LogP contribution in [-0.2, 0) is 0 Å². The van der Waals surface area contributed by atoms with E-state index >= 15 is 0 Å². The highest BCUT2D eigenvalue weighted by Gasteiger charge is 2.51. The smallest absolute Gasteiger partial charge is 0.254 e. The molecule has 0 bridgehead atoms. The Morgan fingerprint density at radius 3 is 2.89 bits per heavy atom.